The third kappa shape index (κ3) is 5.10. The lowest BCUT2D eigenvalue weighted by Gasteiger charge is -2.28. The van der Waals surface area contributed by atoms with E-state index in [1.807, 2.05) is 19.1 Å². The molecule has 0 aromatic carbocycles. The van der Waals surface area contributed by atoms with Crippen LogP contribution < -0.4 is 0 Å². The molecule has 104 valence electrons. The van der Waals surface area contributed by atoms with Gasteiger partial charge in [0, 0.05) is 12.5 Å². The van der Waals surface area contributed by atoms with Gasteiger partial charge < -0.3 is 4.90 Å². The summed E-state index contributed by atoms with van der Waals surface area (Å²) in [4.78, 5) is 13.1. The fraction of sp³-hybridized carbons (Fsp3) is 0.769. The zero-order chi connectivity index (χ0) is 13.6. The van der Waals surface area contributed by atoms with E-state index in [0.29, 0.717) is 19.3 Å². The third-order valence-electron chi connectivity index (χ3n) is 3.08. The monoisotopic (exact) mass is 263 g/mol. The van der Waals surface area contributed by atoms with E-state index < -0.39 is 12.7 Å². The van der Waals surface area contributed by atoms with Crippen molar-refractivity contribution in [2.24, 2.45) is 5.92 Å². The quantitative estimate of drug-likeness (QED) is 0.695. The van der Waals surface area contributed by atoms with E-state index in [4.69, 9.17) is 0 Å². The van der Waals surface area contributed by atoms with Gasteiger partial charge in [0.05, 0.1) is 0 Å². The average Bonchev–Trinajstić information content (AvgIpc) is 2.33. The van der Waals surface area contributed by atoms with Crippen LogP contribution in [0.15, 0.2) is 12.2 Å². The largest absolute Gasteiger partial charge is 0.406 e. The minimum Gasteiger partial charge on any atom is -0.333 e. The number of carbonyl (C=O) groups excluding carboxylic acids is 1. The fourth-order valence-electron chi connectivity index (χ4n) is 2.11. The molecule has 1 aliphatic rings. The van der Waals surface area contributed by atoms with E-state index in [9.17, 15) is 18.0 Å². The van der Waals surface area contributed by atoms with Crippen LogP contribution >= 0.6 is 0 Å². The minimum atomic E-state index is -4.31. The summed E-state index contributed by atoms with van der Waals surface area (Å²) in [5.41, 5.74) is 0. The topological polar surface area (TPSA) is 20.3 Å². The zero-order valence-corrected chi connectivity index (χ0v) is 10.7. The summed E-state index contributed by atoms with van der Waals surface area (Å²) in [5, 5.41) is 0. The van der Waals surface area contributed by atoms with Gasteiger partial charge in [0.25, 0.3) is 0 Å². The van der Waals surface area contributed by atoms with Crippen LogP contribution in [0.3, 0.4) is 0 Å². The van der Waals surface area contributed by atoms with Gasteiger partial charge in [-0.05, 0) is 25.7 Å². The second-order valence-corrected chi connectivity index (χ2v) is 4.71. The lowest BCUT2D eigenvalue weighted by Crippen LogP contribution is -2.42. The number of allylic oxidation sites excluding steroid dienone is 2. The van der Waals surface area contributed by atoms with Gasteiger partial charge in [-0.15, -0.1) is 0 Å². The highest BCUT2D eigenvalue weighted by molar-refractivity contribution is 5.79. The summed E-state index contributed by atoms with van der Waals surface area (Å²) in [7, 11) is 0. The summed E-state index contributed by atoms with van der Waals surface area (Å²) in [5.74, 6) is -0.612. The SMILES string of the molecule is CCCCN(CC(F)(F)F)C(=O)C1CC=CCC1. The molecule has 0 saturated carbocycles. The Morgan fingerprint density at radius 3 is 2.61 bits per heavy atom. The van der Waals surface area contributed by atoms with E-state index >= 15 is 0 Å². The highest BCUT2D eigenvalue weighted by Gasteiger charge is 2.34. The van der Waals surface area contributed by atoms with Crippen molar-refractivity contribution in [1.82, 2.24) is 4.90 Å². The van der Waals surface area contributed by atoms with Crippen molar-refractivity contribution in [3.63, 3.8) is 0 Å². The van der Waals surface area contributed by atoms with Crippen molar-refractivity contribution in [3.05, 3.63) is 12.2 Å². The van der Waals surface area contributed by atoms with Crippen molar-refractivity contribution in [1.29, 1.82) is 0 Å². The molecule has 0 fully saturated rings. The van der Waals surface area contributed by atoms with Gasteiger partial charge in [0.1, 0.15) is 6.54 Å². The van der Waals surface area contributed by atoms with Gasteiger partial charge in [0.15, 0.2) is 0 Å². The van der Waals surface area contributed by atoms with Crippen LogP contribution in [-0.4, -0.2) is 30.1 Å². The first-order chi connectivity index (χ1) is 8.44. The molecule has 1 unspecified atom stereocenters. The molecular formula is C13H20F3NO. The van der Waals surface area contributed by atoms with Crippen LogP contribution in [-0.2, 0) is 4.79 Å². The smallest absolute Gasteiger partial charge is 0.333 e. The van der Waals surface area contributed by atoms with Crippen LogP contribution in [0.1, 0.15) is 39.0 Å². The Labute approximate surface area is 106 Å². The van der Waals surface area contributed by atoms with Gasteiger partial charge in [-0.1, -0.05) is 25.5 Å². The molecule has 5 heteroatoms. The van der Waals surface area contributed by atoms with Crippen LogP contribution in [0.2, 0.25) is 0 Å². The number of amides is 1. The molecule has 1 aliphatic carbocycles. The molecule has 0 aromatic heterocycles. The first kappa shape index (κ1) is 15.1. The van der Waals surface area contributed by atoms with Crippen molar-refractivity contribution in [2.75, 3.05) is 13.1 Å². The highest BCUT2D eigenvalue weighted by atomic mass is 19.4. The molecule has 0 N–H and O–H groups in total. The Morgan fingerprint density at radius 2 is 2.11 bits per heavy atom. The molecule has 1 atom stereocenters. The Bertz CT molecular complexity index is 299. The number of hydrogen-bond acceptors (Lipinski definition) is 1. The molecule has 0 aliphatic heterocycles. The Morgan fingerprint density at radius 1 is 1.39 bits per heavy atom. The summed E-state index contributed by atoms with van der Waals surface area (Å²) in [6.07, 6.45) is 2.96. The number of unbranched alkanes of at least 4 members (excludes halogenated alkanes) is 1. The highest BCUT2D eigenvalue weighted by Crippen LogP contribution is 2.24. The second kappa shape index (κ2) is 6.81. The lowest BCUT2D eigenvalue weighted by molar-refractivity contribution is -0.164. The van der Waals surface area contributed by atoms with Crippen LogP contribution in [0, 0.1) is 5.92 Å². The zero-order valence-electron chi connectivity index (χ0n) is 10.7. The summed E-state index contributed by atoms with van der Waals surface area (Å²) in [6.45, 7) is 0.987. The van der Waals surface area contributed by atoms with Crippen LogP contribution in [0.25, 0.3) is 0 Å². The summed E-state index contributed by atoms with van der Waals surface area (Å²) in [6, 6.07) is 0. The minimum absolute atomic E-state index is 0.203. The number of carbonyl (C=O) groups is 1. The van der Waals surface area contributed by atoms with E-state index in [2.05, 4.69) is 0 Å². The normalized spacial score (nSPS) is 19.9. The van der Waals surface area contributed by atoms with E-state index in [-0.39, 0.29) is 18.4 Å². The van der Waals surface area contributed by atoms with E-state index in [1.165, 1.54) is 0 Å². The molecule has 0 saturated heterocycles. The fourth-order valence-corrected chi connectivity index (χ4v) is 2.11. The average molecular weight is 263 g/mol. The maximum atomic E-state index is 12.5. The number of nitrogens with zero attached hydrogens (tertiary/aromatic N) is 1. The maximum Gasteiger partial charge on any atom is 0.406 e. The molecule has 1 amide bonds. The number of rotatable bonds is 5. The van der Waals surface area contributed by atoms with Gasteiger partial charge in [0.2, 0.25) is 5.91 Å². The second-order valence-electron chi connectivity index (χ2n) is 4.71. The van der Waals surface area contributed by atoms with Crippen LogP contribution in [0.5, 0.6) is 0 Å². The Hall–Kier alpha value is -1.00. The van der Waals surface area contributed by atoms with E-state index in [1.54, 1.807) is 0 Å². The van der Waals surface area contributed by atoms with Crippen molar-refractivity contribution in [3.8, 4) is 0 Å². The first-order valence-electron chi connectivity index (χ1n) is 6.44. The predicted molar refractivity (Wildman–Crippen MR) is 64.0 cm³/mol. The lowest BCUT2D eigenvalue weighted by atomic mass is 9.93. The first-order valence-corrected chi connectivity index (χ1v) is 6.44. The number of alkyl halides is 3. The molecule has 2 nitrogen and oxygen atoms in total. The van der Waals surface area contributed by atoms with Gasteiger partial charge >= 0.3 is 6.18 Å². The molecule has 18 heavy (non-hydrogen) atoms. The van der Waals surface area contributed by atoms with Crippen molar-refractivity contribution >= 4 is 5.91 Å². The number of hydrogen-bond donors (Lipinski definition) is 0. The van der Waals surface area contributed by atoms with Gasteiger partial charge in [-0.2, -0.15) is 13.2 Å². The number of halogens is 3. The Kier molecular flexibility index (Phi) is 5.69. The van der Waals surface area contributed by atoms with E-state index in [0.717, 1.165) is 17.7 Å². The Balaban J connectivity index is 2.62. The van der Waals surface area contributed by atoms with Crippen molar-refractivity contribution < 1.29 is 18.0 Å². The molecular weight excluding hydrogens is 243 g/mol. The van der Waals surface area contributed by atoms with Crippen molar-refractivity contribution in [2.45, 2.75) is 45.2 Å². The molecule has 0 radical (unpaired) electrons. The molecule has 0 heterocycles. The summed E-state index contributed by atoms with van der Waals surface area (Å²) < 4.78 is 37.4. The molecule has 0 aromatic rings. The molecule has 0 spiro atoms. The molecule has 0 bridgehead atoms. The van der Waals surface area contributed by atoms with Gasteiger partial charge in [-0.3, -0.25) is 4.79 Å². The van der Waals surface area contributed by atoms with Crippen LogP contribution in [0.4, 0.5) is 13.2 Å². The predicted octanol–water partition coefficient (Wildman–Crippen LogP) is 3.53. The maximum absolute atomic E-state index is 12.5. The standard InChI is InChI=1S/C13H20F3NO/c1-2-3-9-17(10-13(14,15)16)12(18)11-7-5-4-6-8-11/h4-5,11H,2-3,6-10H2,1H3. The summed E-state index contributed by atoms with van der Waals surface area (Å²) >= 11 is 0. The third-order valence-corrected chi connectivity index (χ3v) is 3.08. The molecule has 1 rings (SSSR count). The van der Waals surface area contributed by atoms with Gasteiger partial charge in [-0.25, -0.2) is 0 Å².